The molecule has 0 aliphatic rings. The van der Waals surface area contributed by atoms with Crippen LogP contribution in [0.1, 0.15) is 26.7 Å². The van der Waals surface area contributed by atoms with E-state index in [2.05, 4.69) is 36.6 Å². The average molecular weight is 440 g/mol. The first-order valence-electron chi connectivity index (χ1n) is 5.35. The van der Waals surface area contributed by atoms with Crippen LogP contribution in [0.2, 0.25) is 5.02 Å². The van der Waals surface area contributed by atoms with Crippen molar-refractivity contribution in [3.05, 3.63) is 14.9 Å². The number of thiophene rings is 1. The number of sulfonamides is 1. The van der Waals surface area contributed by atoms with Crippen molar-refractivity contribution in [1.29, 1.82) is 0 Å². The first-order valence-corrected chi connectivity index (χ1v) is 9.94. The molecule has 0 aliphatic carbocycles. The molecule has 0 fully saturated rings. The van der Waals surface area contributed by atoms with Crippen LogP contribution in [0.3, 0.4) is 0 Å². The minimum Gasteiger partial charge on any atom is -0.206 e. The predicted octanol–water partition coefficient (Wildman–Crippen LogP) is 4.40. The van der Waals surface area contributed by atoms with E-state index < -0.39 is 15.6 Å². The summed E-state index contributed by atoms with van der Waals surface area (Å²) in [6.45, 7) is 3.93. The van der Waals surface area contributed by atoms with Gasteiger partial charge < -0.3 is 0 Å². The van der Waals surface area contributed by atoms with Crippen molar-refractivity contribution >= 4 is 64.8 Å². The van der Waals surface area contributed by atoms with E-state index in [4.69, 9.17) is 11.6 Å². The standard InChI is InChI=1S/C10H14Br2ClNO2S2/c1-3-10(4-2,6-11)14-18(15,16)8-5-7(13)9(12)17-8/h5,14H,3-4,6H2,1-2H3. The molecule has 1 aromatic heterocycles. The van der Waals surface area contributed by atoms with Crippen molar-refractivity contribution in [3.63, 3.8) is 0 Å². The number of halogens is 3. The molecule has 1 rings (SSSR count). The fourth-order valence-electron chi connectivity index (χ4n) is 1.41. The molecule has 0 saturated heterocycles. The Labute approximate surface area is 134 Å². The molecular weight excluding hydrogens is 426 g/mol. The molecule has 0 amide bonds. The summed E-state index contributed by atoms with van der Waals surface area (Å²) in [7, 11) is -3.53. The molecule has 0 bridgehead atoms. The second-order valence-corrected chi connectivity index (χ2v) is 9.16. The summed E-state index contributed by atoms with van der Waals surface area (Å²) in [5.74, 6) is 0. The summed E-state index contributed by atoms with van der Waals surface area (Å²) in [6.07, 6.45) is 1.43. The lowest BCUT2D eigenvalue weighted by atomic mass is 9.97. The Morgan fingerprint density at radius 2 is 2.00 bits per heavy atom. The molecule has 0 spiro atoms. The third kappa shape index (κ3) is 3.70. The van der Waals surface area contributed by atoms with Crippen molar-refractivity contribution in [2.24, 2.45) is 0 Å². The summed E-state index contributed by atoms with van der Waals surface area (Å²) in [4.78, 5) is 0. The average Bonchev–Trinajstić information content (AvgIpc) is 2.68. The highest BCUT2D eigenvalue weighted by Crippen LogP contribution is 2.35. The van der Waals surface area contributed by atoms with Crippen molar-refractivity contribution in [2.45, 2.75) is 36.4 Å². The summed E-state index contributed by atoms with van der Waals surface area (Å²) in [6, 6.07) is 1.46. The SMILES string of the molecule is CCC(CC)(CBr)NS(=O)(=O)c1cc(Cl)c(Br)s1. The third-order valence-electron chi connectivity index (χ3n) is 2.85. The van der Waals surface area contributed by atoms with Crippen LogP contribution in [0.25, 0.3) is 0 Å². The fraction of sp³-hybridized carbons (Fsp3) is 0.600. The normalized spacial score (nSPS) is 12.9. The maximum absolute atomic E-state index is 12.3. The van der Waals surface area contributed by atoms with E-state index in [1.807, 2.05) is 13.8 Å². The molecule has 3 nitrogen and oxygen atoms in total. The molecular formula is C10H14Br2ClNO2S2. The second-order valence-electron chi connectivity index (χ2n) is 3.91. The van der Waals surface area contributed by atoms with Gasteiger partial charge in [0.05, 0.1) is 8.81 Å². The highest BCUT2D eigenvalue weighted by Gasteiger charge is 2.32. The molecule has 1 N–H and O–H groups in total. The molecule has 18 heavy (non-hydrogen) atoms. The van der Waals surface area contributed by atoms with E-state index >= 15 is 0 Å². The molecule has 1 aromatic rings. The molecule has 8 heteroatoms. The van der Waals surface area contributed by atoms with Crippen LogP contribution in [-0.2, 0) is 10.0 Å². The third-order valence-corrected chi connectivity index (χ3v) is 8.45. The van der Waals surface area contributed by atoms with E-state index in [0.717, 1.165) is 11.3 Å². The number of alkyl halides is 1. The van der Waals surface area contributed by atoms with Gasteiger partial charge in [0.15, 0.2) is 0 Å². The summed E-state index contributed by atoms with van der Waals surface area (Å²) in [5, 5.41) is 0.991. The van der Waals surface area contributed by atoms with Crippen molar-refractivity contribution in [2.75, 3.05) is 5.33 Å². The molecule has 0 aromatic carbocycles. The highest BCUT2D eigenvalue weighted by molar-refractivity contribution is 9.11. The van der Waals surface area contributed by atoms with Crippen LogP contribution >= 0.6 is 54.8 Å². The Morgan fingerprint density at radius 1 is 1.44 bits per heavy atom. The van der Waals surface area contributed by atoms with E-state index in [9.17, 15) is 8.42 Å². The van der Waals surface area contributed by atoms with Gasteiger partial charge in [0, 0.05) is 10.9 Å². The van der Waals surface area contributed by atoms with Crippen LogP contribution in [0.5, 0.6) is 0 Å². The maximum Gasteiger partial charge on any atom is 0.250 e. The first kappa shape index (κ1) is 16.9. The molecule has 0 unspecified atom stereocenters. The van der Waals surface area contributed by atoms with Gasteiger partial charge in [-0.25, -0.2) is 13.1 Å². The van der Waals surface area contributed by atoms with E-state index in [-0.39, 0.29) is 4.21 Å². The summed E-state index contributed by atoms with van der Waals surface area (Å²) in [5.41, 5.74) is -0.457. The number of rotatable bonds is 6. The predicted molar refractivity (Wildman–Crippen MR) is 84.5 cm³/mol. The molecule has 104 valence electrons. The lowest BCUT2D eigenvalue weighted by molar-refractivity contribution is 0.399. The summed E-state index contributed by atoms with van der Waals surface area (Å²) >= 11 is 13.6. The van der Waals surface area contributed by atoms with Crippen LogP contribution < -0.4 is 4.72 Å². The monoisotopic (exact) mass is 437 g/mol. The van der Waals surface area contributed by atoms with Gasteiger partial charge in [-0.3, -0.25) is 0 Å². The molecule has 0 radical (unpaired) electrons. The fourth-order valence-corrected chi connectivity index (χ4v) is 6.47. The number of hydrogen-bond donors (Lipinski definition) is 1. The van der Waals surface area contributed by atoms with E-state index in [1.165, 1.54) is 6.07 Å². The van der Waals surface area contributed by atoms with Crippen LogP contribution in [0, 0.1) is 0 Å². The van der Waals surface area contributed by atoms with Crippen LogP contribution in [0.15, 0.2) is 14.1 Å². The smallest absolute Gasteiger partial charge is 0.206 e. The zero-order valence-corrected chi connectivity index (χ0v) is 15.5. The van der Waals surface area contributed by atoms with Gasteiger partial charge in [-0.05, 0) is 34.8 Å². The maximum atomic E-state index is 12.3. The van der Waals surface area contributed by atoms with Crippen LogP contribution in [0.4, 0.5) is 0 Å². The number of nitrogens with one attached hydrogen (secondary N) is 1. The largest absolute Gasteiger partial charge is 0.250 e. The van der Waals surface area contributed by atoms with Crippen molar-refractivity contribution in [3.8, 4) is 0 Å². The molecule has 0 saturated carbocycles. The van der Waals surface area contributed by atoms with Crippen molar-refractivity contribution < 1.29 is 8.42 Å². The molecule has 0 aliphatic heterocycles. The molecule has 0 atom stereocenters. The zero-order valence-electron chi connectivity index (χ0n) is 9.97. The van der Waals surface area contributed by atoms with Crippen molar-refractivity contribution in [1.82, 2.24) is 4.72 Å². The Morgan fingerprint density at radius 3 is 2.33 bits per heavy atom. The van der Waals surface area contributed by atoms with Gasteiger partial charge in [0.2, 0.25) is 0 Å². The lowest BCUT2D eigenvalue weighted by Crippen LogP contribution is -2.48. The highest BCUT2D eigenvalue weighted by atomic mass is 79.9. The quantitative estimate of drug-likeness (QED) is 0.668. The van der Waals surface area contributed by atoms with Gasteiger partial charge in [0.25, 0.3) is 10.0 Å². The minimum atomic E-state index is -3.53. The van der Waals surface area contributed by atoms with Gasteiger partial charge in [-0.1, -0.05) is 41.4 Å². The van der Waals surface area contributed by atoms with Crippen LogP contribution in [-0.4, -0.2) is 19.3 Å². The Hall–Kier alpha value is 0.860. The Kier molecular flexibility index (Phi) is 6.15. The number of hydrogen-bond acceptors (Lipinski definition) is 3. The topological polar surface area (TPSA) is 46.2 Å². The molecule has 1 heterocycles. The minimum absolute atomic E-state index is 0.228. The first-order chi connectivity index (χ1) is 8.30. The van der Waals surface area contributed by atoms with Gasteiger partial charge in [0.1, 0.15) is 4.21 Å². The Balaban J connectivity index is 3.08. The van der Waals surface area contributed by atoms with Gasteiger partial charge in [-0.15, -0.1) is 11.3 Å². The van der Waals surface area contributed by atoms with Gasteiger partial charge >= 0.3 is 0 Å². The summed E-state index contributed by atoms with van der Waals surface area (Å²) < 4.78 is 28.2. The second kappa shape index (κ2) is 6.54. The van der Waals surface area contributed by atoms with E-state index in [1.54, 1.807) is 0 Å². The lowest BCUT2D eigenvalue weighted by Gasteiger charge is -2.30. The zero-order chi connectivity index (χ0) is 14.0. The van der Waals surface area contributed by atoms with Gasteiger partial charge in [-0.2, -0.15) is 0 Å². The Bertz CT molecular complexity index is 484. The van der Waals surface area contributed by atoms with E-state index in [0.29, 0.717) is 27.0 Å².